The van der Waals surface area contributed by atoms with Crippen molar-refractivity contribution in [3.05, 3.63) is 58.6 Å². The summed E-state index contributed by atoms with van der Waals surface area (Å²) in [4.78, 5) is 15.2. The van der Waals surface area contributed by atoms with E-state index < -0.39 is 5.69 Å². The summed E-state index contributed by atoms with van der Waals surface area (Å²) in [5, 5.41) is 0. The van der Waals surface area contributed by atoms with Crippen LogP contribution in [0, 0.1) is 0 Å². The lowest BCUT2D eigenvalue weighted by atomic mass is 10.2. The molecule has 2 N–H and O–H groups in total. The number of aromatic nitrogens is 2. The molecular formula is C15H18ClN3O3. The first kappa shape index (κ1) is 16.5. The number of alkyl halides is 1. The van der Waals surface area contributed by atoms with E-state index in [-0.39, 0.29) is 24.5 Å². The second-order valence-corrected chi connectivity index (χ2v) is 4.99. The number of nitrogens with two attached hydrogens (primary N) is 1. The van der Waals surface area contributed by atoms with E-state index in [0.717, 1.165) is 5.56 Å². The van der Waals surface area contributed by atoms with Gasteiger partial charge in [0.1, 0.15) is 12.5 Å². The van der Waals surface area contributed by atoms with E-state index in [0.29, 0.717) is 13.2 Å². The van der Waals surface area contributed by atoms with Crippen molar-refractivity contribution in [3.8, 4) is 0 Å². The molecular weight excluding hydrogens is 306 g/mol. The molecule has 0 fully saturated rings. The van der Waals surface area contributed by atoms with Crippen molar-refractivity contribution in [2.24, 2.45) is 0 Å². The zero-order valence-electron chi connectivity index (χ0n) is 12.0. The van der Waals surface area contributed by atoms with Crippen LogP contribution in [0.15, 0.2) is 47.4 Å². The number of rotatable bonds is 8. The van der Waals surface area contributed by atoms with Gasteiger partial charge in [0.2, 0.25) is 0 Å². The topological polar surface area (TPSA) is 79.4 Å². The molecule has 1 aromatic carbocycles. The standard InChI is InChI=1S/C15H18ClN3O3/c16-8-13(10-21-9-12-4-2-1-3-5-12)22-11-19-7-6-14(17)18-15(19)20/h1-7,13H,8-11H2,(H2,17,18,20)/t13-/m1/s1. The van der Waals surface area contributed by atoms with Gasteiger partial charge in [-0.25, -0.2) is 4.79 Å². The molecule has 0 saturated carbocycles. The molecule has 0 radical (unpaired) electrons. The van der Waals surface area contributed by atoms with E-state index in [9.17, 15) is 4.79 Å². The van der Waals surface area contributed by atoms with Crippen molar-refractivity contribution < 1.29 is 9.47 Å². The molecule has 22 heavy (non-hydrogen) atoms. The fourth-order valence-corrected chi connectivity index (χ4v) is 1.92. The third-order valence-electron chi connectivity index (χ3n) is 2.93. The Morgan fingerprint density at radius 1 is 1.27 bits per heavy atom. The average Bonchev–Trinajstić information content (AvgIpc) is 2.53. The molecule has 2 rings (SSSR count). The molecule has 1 atom stereocenters. The molecule has 2 aromatic rings. The smallest absolute Gasteiger partial charge is 0.351 e. The van der Waals surface area contributed by atoms with Gasteiger partial charge in [-0.3, -0.25) is 4.57 Å². The second kappa shape index (κ2) is 8.53. The monoisotopic (exact) mass is 323 g/mol. The first-order valence-electron chi connectivity index (χ1n) is 6.81. The number of hydrogen-bond donors (Lipinski definition) is 1. The lowest BCUT2D eigenvalue weighted by Crippen LogP contribution is -2.29. The number of ether oxygens (including phenoxy) is 2. The fourth-order valence-electron chi connectivity index (χ4n) is 1.75. The van der Waals surface area contributed by atoms with Crippen molar-refractivity contribution in [3.63, 3.8) is 0 Å². The Bertz CT molecular complexity index is 633. The number of anilines is 1. The van der Waals surface area contributed by atoms with Gasteiger partial charge in [-0.15, -0.1) is 11.6 Å². The van der Waals surface area contributed by atoms with Crippen LogP contribution in [0.1, 0.15) is 5.56 Å². The molecule has 1 aromatic heterocycles. The first-order chi connectivity index (χ1) is 10.7. The molecule has 0 aliphatic heterocycles. The van der Waals surface area contributed by atoms with E-state index >= 15 is 0 Å². The van der Waals surface area contributed by atoms with Crippen LogP contribution in [0.2, 0.25) is 0 Å². The highest BCUT2D eigenvalue weighted by atomic mass is 35.5. The third kappa shape index (κ3) is 5.14. The Morgan fingerprint density at radius 2 is 2.05 bits per heavy atom. The van der Waals surface area contributed by atoms with Crippen molar-refractivity contribution in [2.45, 2.75) is 19.4 Å². The van der Waals surface area contributed by atoms with Gasteiger partial charge in [0.25, 0.3) is 0 Å². The molecule has 0 unspecified atom stereocenters. The van der Waals surface area contributed by atoms with Crippen LogP contribution in [0.3, 0.4) is 0 Å². The van der Waals surface area contributed by atoms with Gasteiger partial charge in [0.15, 0.2) is 0 Å². The molecule has 0 saturated heterocycles. The first-order valence-corrected chi connectivity index (χ1v) is 7.34. The summed E-state index contributed by atoms with van der Waals surface area (Å²) in [6, 6.07) is 11.4. The molecule has 118 valence electrons. The predicted octanol–water partition coefficient (Wildman–Crippen LogP) is 1.62. The van der Waals surface area contributed by atoms with Crippen LogP contribution >= 0.6 is 11.6 Å². The molecule has 6 nitrogen and oxygen atoms in total. The zero-order chi connectivity index (χ0) is 15.8. The van der Waals surface area contributed by atoms with Crippen LogP contribution in [0.4, 0.5) is 5.82 Å². The summed E-state index contributed by atoms with van der Waals surface area (Å²) in [7, 11) is 0. The summed E-state index contributed by atoms with van der Waals surface area (Å²) < 4.78 is 12.5. The van der Waals surface area contributed by atoms with Gasteiger partial charge in [-0.2, -0.15) is 4.98 Å². The second-order valence-electron chi connectivity index (χ2n) is 4.68. The van der Waals surface area contributed by atoms with Crippen molar-refractivity contribution in [1.29, 1.82) is 0 Å². The molecule has 0 aliphatic carbocycles. The minimum Gasteiger partial charge on any atom is -0.383 e. The Balaban J connectivity index is 1.78. The highest BCUT2D eigenvalue weighted by Gasteiger charge is 2.09. The van der Waals surface area contributed by atoms with Crippen molar-refractivity contribution in [1.82, 2.24) is 9.55 Å². The average molecular weight is 324 g/mol. The van der Waals surface area contributed by atoms with Gasteiger partial charge < -0.3 is 15.2 Å². The van der Waals surface area contributed by atoms with Gasteiger partial charge in [-0.05, 0) is 11.6 Å². The fraction of sp³-hybridized carbons (Fsp3) is 0.333. The van der Waals surface area contributed by atoms with E-state index in [4.69, 9.17) is 26.8 Å². The van der Waals surface area contributed by atoms with E-state index in [1.807, 2.05) is 30.3 Å². The number of benzene rings is 1. The van der Waals surface area contributed by atoms with Gasteiger partial charge >= 0.3 is 5.69 Å². The highest BCUT2D eigenvalue weighted by Crippen LogP contribution is 2.04. The third-order valence-corrected chi connectivity index (χ3v) is 3.28. The van der Waals surface area contributed by atoms with E-state index in [1.165, 1.54) is 16.8 Å². The summed E-state index contributed by atoms with van der Waals surface area (Å²) in [6.45, 7) is 0.884. The number of hydrogen-bond acceptors (Lipinski definition) is 5. The number of nitrogens with zero attached hydrogens (tertiary/aromatic N) is 2. The summed E-state index contributed by atoms with van der Waals surface area (Å²) in [6.07, 6.45) is 1.22. The SMILES string of the molecule is Nc1ccn(CO[C@H](CCl)COCc2ccccc2)c(=O)n1. The lowest BCUT2D eigenvalue weighted by Gasteiger charge is -2.16. The zero-order valence-corrected chi connectivity index (χ0v) is 12.8. The van der Waals surface area contributed by atoms with Gasteiger partial charge in [0, 0.05) is 6.20 Å². The Kier molecular flexibility index (Phi) is 6.39. The van der Waals surface area contributed by atoms with Crippen LogP contribution < -0.4 is 11.4 Å². The quantitative estimate of drug-likeness (QED) is 0.747. The van der Waals surface area contributed by atoms with Gasteiger partial charge in [0.05, 0.1) is 25.2 Å². The van der Waals surface area contributed by atoms with Crippen LogP contribution in [-0.4, -0.2) is 28.1 Å². The minimum atomic E-state index is -0.460. The number of halogens is 1. The van der Waals surface area contributed by atoms with E-state index in [2.05, 4.69) is 4.98 Å². The number of nitrogen functional groups attached to an aromatic ring is 1. The molecule has 0 amide bonds. The molecule has 0 spiro atoms. The normalized spacial score (nSPS) is 12.2. The largest absolute Gasteiger partial charge is 0.383 e. The van der Waals surface area contributed by atoms with Crippen LogP contribution in [-0.2, 0) is 22.8 Å². The summed E-state index contributed by atoms with van der Waals surface area (Å²) in [5.74, 6) is 0.452. The Hall–Kier alpha value is -1.89. The predicted molar refractivity (Wildman–Crippen MR) is 84.6 cm³/mol. The van der Waals surface area contributed by atoms with E-state index in [1.54, 1.807) is 0 Å². The van der Waals surface area contributed by atoms with Crippen LogP contribution in [0.5, 0.6) is 0 Å². The minimum absolute atomic E-state index is 0.0538. The maximum absolute atomic E-state index is 11.6. The molecule has 0 bridgehead atoms. The highest BCUT2D eigenvalue weighted by molar-refractivity contribution is 6.18. The van der Waals surface area contributed by atoms with Gasteiger partial charge in [-0.1, -0.05) is 30.3 Å². The molecule has 0 aliphatic rings. The Morgan fingerprint density at radius 3 is 2.73 bits per heavy atom. The Labute approximate surface area is 133 Å². The van der Waals surface area contributed by atoms with Crippen molar-refractivity contribution in [2.75, 3.05) is 18.2 Å². The van der Waals surface area contributed by atoms with Crippen molar-refractivity contribution >= 4 is 17.4 Å². The molecule has 1 heterocycles. The maximum Gasteiger partial charge on any atom is 0.351 e. The molecule has 7 heteroatoms. The summed E-state index contributed by atoms with van der Waals surface area (Å²) >= 11 is 5.85. The maximum atomic E-state index is 11.6. The summed E-state index contributed by atoms with van der Waals surface area (Å²) in [5.41, 5.74) is 6.04. The lowest BCUT2D eigenvalue weighted by molar-refractivity contribution is -0.0389. The van der Waals surface area contributed by atoms with Crippen LogP contribution in [0.25, 0.3) is 0 Å².